The van der Waals surface area contributed by atoms with Crippen molar-refractivity contribution in [1.82, 2.24) is 15.3 Å². The maximum absolute atomic E-state index is 12.9. The zero-order chi connectivity index (χ0) is 23.0. The molecule has 0 saturated carbocycles. The molecule has 0 aliphatic carbocycles. The topological polar surface area (TPSA) is 61.4 Å². The highest BCUT2D eigenvalue weighted by Gasteiger charge is 2.27. The van der Waals surface area contributed by atoms with E-state index in [1.807, 2.05) is 30.6 Å². The molecule has 6 nitrogen and oxygen atoms in total. The fourth-order valence-electron chi connectivity index (χ4n) is 4.38. The predicted molar refractivity (Wildman–Crippen MR) is 134 cm³/mol. The van der Waals surface area contributed by atoms with Crippen LogP contribution in [0.2, 0.25) is 0 Å². The normalized spacial score (nSPS) is 15.8. The molecule has 6 heteroatoms. The van der Waals surface area contributed by atoms with E-state index in [0.717, 1.165) is 49.2 Å². The first-order chi connectivity index (χ1) is 16.2. The van der Waals surface area contributed by atoms with Crippen LogP contribution in [-0.2, 0) is 11.3 Å². The lowest BCUT2D eigenvalue weighted by molar-refractivity contribution is -0.125. The monoisotopic (exact) mass is 443 g/mol. The largest absolute Gasteiger partial charge is 0.372 e. The Morgan fingerprint density at radius 1 is 1.00 bits per heavy atom. The van der Waals surface area contributed by atoms with E-state index in [2.05, 4.69) is 75.3 Å². The molecule has 4 rings (SSSR count). The van der Waals surface area contributed by atoms with Crippen LogP contribution in [0.4, 0.5) is 11.6 Å². The Kier molecular flexibility index (Phi) is 7.55. The first-order valence-electron chi connectivity index (χ1n) is 11.9. The second-order valence-corrected chi connectivity index (χ2v) is 8.48. The fraction of sp³-hybridized carbons (Fsp3) is 0.370. The van der Waals surface area contributed by atoms with Gasteiger partial charge in [0, 0.05) is 56.4 Å². The van der Waals surface area contributed by atoms with E-state index in [9.17, 15) is 4.79 Å². The molecule has 0 unspecified atom stereocenters. The molecular weight excluding hydrogens is 410 g/mol. The van der Waals surface area contributed by atoms with Crippen LogP contribution in [0.25, 0.3) is 11.1 Å². The van der Waals surface area contributed by atoms with Crippen LogP contribution < -0.4 is 15.1 Å². The highest BCUT2D eigenvalue weighted by molar-refractivity contribution is 5.79. The lowest BCUT2D eigenvalue weighted by Gasteiger charge is -2.32. The molecule has 1 aliphatic heterocycles. The minimum atomic E-state index is -0.0499. The summed E-state index contributed by atoms with van der Waals surface area (Å²) in [6, 6.07) is 18.6. The smallest absolute Gasteiger partial charge is 0.225 e. The fourth-order valence-corrected chi connectivity index (χ4v) is 4.38. The van der Waals surface area contributed by atoms with E-state index in [0.29, 0.717) is 19.0 Å². The minimum absolute atomic E-state index is 0.0499. The molecule has 1 aromatic heterocycles. The summed E-state index contributed by atoms with van der Waals surface area (Å²) >= 11 is 0. The van der Waals surface area contributed by atoms with Gasteiger partial charge in [-0.25, -0.2) is 9.97 Å². The number of anilines is 2. The van der Waals surface area contributed by atoms with Crippen molar-refractivity contribution in [2.45, 2.75) is 33.2 Å². The van der Waals surface area contributed by atoms with Gasteiger partial charge in [-0.05, 0) is 49.9 Å². The number of benzene rings is 2. The zero-order valence-corrected chi connectivity index (χ0v) is 19.6. The van der Waals surface area contributed by atoms with Gasteiger partial charge < -0.3 is 15.1 Å². The Hall–Kier alpha value is -3.41. The van der Waals surface area contributed by atoms with Gasteiger partial charge in [0.2, 0.25) is 11.9 Å². The zero-order valence-electron chi connectivity index (χ0n) is 19.6. The van der Waals surface area contributed by atoms with Crippen molar-refractivity contribution < 1.29 is 4.79 Å². The van der Waals surface area contributed by atoms with Crippen LogP contribution in [0.1, 0.15) is 32.3 Å². The summed E-state index contributed by atoms with van der Waals surface area (Å²) in [4.78, 5) is 26.5. The van der Waals surface area contributed by atoms with E-state index >= 15 is 0 Å². The van der Waals surface area contributed by atoms with Gasteiger partial charge in [0.05, 0.1) is 5.92 Å². The molecular formula is C27H33N5O. The summed E-state index contributed by atoms with van der Waals surface area (Å²) in [6.07, 6.45) is 5.58. The SMILES string of the molecule is CCN(CC)c1ccc(CNC(=O)[C@H]2CCCN(c3ncc(-c4ccccc4)cn3)C2)cc1. The number of nitrogens with zero attached hydrogens (tertiary/aromatic N) is 4. The number of aromatic nitrogens is 2. The van der Waals surface area contributed by atoms with Gasteiger partial charge in [0.1, 0.15) is 0 Å². The molecule has 1 fully saturated rings. The Balaban J connectivity index is 1.32. The van der Waals surface area contributed by atoms with Crippen LogP contribution >= 0.6 is 0 Å². The lowest BCUT2D eigenvalue weighted by Crippen LogP contribution is -2.43. The molecule has 1 saturated heterocycles. The molecule has 2 aromatic carbocycles. The van der Waals surface area contributed by atoms with E-state index in [1.54, 1.807) is 0 Å². The van der Waals surface area contributed by atoms with E-state index in [4.69, 9.17) is 0 Å². The molecule has 3 aromatic rings. The molecule has 2 heterocycles. The van der Waals surface area contributed by atoms with Gasteiger partial charge in [-0.2, -0.15) is 0 Å². The summed E-state index contributed by atoms with van der Waals surface area (Å²) in [5.41, 5.74) is 4.44. The molecule has 0 spiro atoms. The highest BCUT2D eigenvalue weighted by atomic mass is 16.1. The van der Waals surface area contributed by atoms with Gasteiger partial charge >= 0.3 is 0 Å². The molecule has 0 bridgehead atoms. The van der Waals surface area contributed by atoms with Crippen molar-refractivity contribution in [1.29, 1.82) is 0 Å². The lowest BCUT2D eigenvalue weighted by atomic mass is 9.97. The van der Waals surface area contributed by atoms with Crippen molar-refractivity contribution in [3.05, 3.63) is 72.6 Å². The summed E-state index contributed by atoms with van der Waals surface area (Å²) < 4.78 is 0. The molecule has 0 radical (unpaired) electrons. The Morgan fingerprint density at radius 2 is 1.70 bits per heavy atom. The van der Waals surface area contributed by atoms with Crippen molar-refractivity contribution in [3.63, 3.8) is 0 Å². The average molecular weight is 444 g/mol. The number of hydrogen-bond donors (Lipinski definition) is 1. The van der Waals surface area contributed by atoms with Crippen molar-refractivity contribution in [2.75, 3.05) is 36.0 Å². The van der Waals surface area contributed by atoms with Gasteiger partial charge in [-0.15, -0.1) is 0 Å². The van der Waals surface area contributed by atoms with Gasteiger partial charge in [0.15, 0.2) is 0 Å². The van der Waals surface area contributed by atoms with Gasteiger partial charge in [0.25, 0.3) is 0 Å². The van der Waals surface area contributed by atoms with Crippen LogP contribution in [0.15, 0.2) is 67.0 Å². The summed E-state index contributed by atoms with van der Waals surface area (Å²) in [7, 11) is 0. The number of nitrogens with one attached hydrogen (secondary N) is 1. The Labute approximate surface area is 196 Å². The average Bonchev–Trinajstić information content (AvgIpc) is 2.89. The van der Waals surface area contributed by atoms with Crippen LogP contribution in [0.3, 0.4) is 0 Å². The summed E-state index contributed by atoms with van der Waals surface area (Å²) in [5, 5.41) is 3.13. The Bertz CT molecular complexity index is 1020. The van der Waals surface area contributed by atoms with Crippen molar-refractivity contribution in [3.8, 4) is 11.1 Å². The molecule has 1 N–H and O–H groups in total. The maximum atomic E-state index is 12.9. The number of rotatable bonds is 8. The predicted octanol–water partition coefficient (Wildman–Crippen LogP) is 4.52. The number of amides is 1. The molecule has 1 atom stereocenters. The summed E-state index contributed by atoms with van der Waals surface area (Å²) in [5.74, 6) is 0.749. The van der Waals surface area contributed by atoms with Gasteiger partial charge in [-0.1, -0.05) is 42.5 Å². The van der Waals surface area contributed by atoms with Crippen LogP contribution in [0.5, 0.6) is 0 Å². The van der Waals surface area contributed by atoms with E-state index < -0.39 is 0 Å². The second-order valence-electron chi connectivity index (χ2n) is 8.48. The molecule has 1 aliphatic rings. The first-order valence-corrected chi connectivity index (χ1v) is 11.9. The van der Waals surface area contributed by atoms with Crippen molar-refractivity contribution in [2.24, 2.45) is 5.92 Å². The number of carbonyl (C=O) groups is 1. The van der Waals surface area contributed by atoms with E-state index in [1.165, 1.54) is 5.69 Å². The molecule has 172 valence electrons. The number of carbonyl (C=O) groups excluding carboxylic acids is 1. The van der Waals surface area contributed by atoms with Crippen LogP contribution in [0, 0.1) is 5.92 Å². The highest BCUT2D eigenvalue weighted by Crippen LogP contribution is 2.23. The first kappa shape index (κ1) is 22.8. The third-order valence-corrected chi connectivity index (χ3v) is 6.35. The number of hydrogen-bond acceptors (Lipinski definition) is 5. The minimum Gasteiger partial charge on any atom is -0.372 e. The molecule has 33 heavy (non-hydrogen) atoms. The maximum Gasteiger partial charge on any atom is 0.225 e. The summed E-state index contributed by atoms with van der Waals surface area (Å²) in [6.45, 7) is 8.38. The number of piperidine rings is 1. The second kappa shape index (κ2) is 10.9. The van der Waals surface area contributed by atoms with Crippen LogP contribution in [-0.4, -0.2) is 42.1 Å². The van der Waals surface area contributed by atoms with Crippen molar-refractivity contribution >= 4 is 17.5 Å². The van der Waals surface area contributed by atoms with E-state index in [-0.39, 0.29) is 11.8 Å². The van der Waals surface area contributed by atoms with Gasteiger partial charge in [-0.3, -0.25) is 4.79 Å². The quantitative estimate of drug-likeness (QED) is 0.555. The third-order valence-electron chi connectivity index (χ3n) is 6.35. The molecule has 1 amide bonds. The third kappa shape index (κ3) is 5.69. The Morgan fingerprint density at radius 3 is 2.36 bits per heavy atom. The standard InChI is InChI=1S/C27H33N5O/c1-3-31(4-2)25-14-12-21(13-15-25)17-28-26(33)23-11-8-16-32(20-23)27-29-18-24(19-30-27)22-9-6-5-7-10-22/h5-7,9-10,12-15,18-19,23H,3-4,8,11,16-17,20H2,1-2H3,(H,28,33)/t23-/m0/s1.